The quantitative estimate of drug-likeness (QED) is 0.879. The van der Waals surface area contributed by atoms with Crippen molar-refractivity contribution in [3.63, 3.8) is 0 Å². The van der Waals surface area contributed by atoms with Gasteiger partial charge in [-0.15, -0.1) is 11.8 Å². The largest absolute Gasteiger partial charge is 0.339 e. The van der Waals surface area contributed by atoms with Crippen molar-refractivity contribution in [1.82, 2.24) is 15.5 Å². The van der Waals surface area contributed by atoms with Crippen LogP contribution in [-0.2, 0) is 5.75 Å². The molecule has 1 saturated heterocycles. The summed E-state index contributed by atoms with van der Waals surface area (Å²) in [5.41, 5.74) is 0. The van der Waals surface area contributed by atoms with Gasteiger partial charge in [0.2, 0.25) is 5.89 Å². The Kier molecular flexibility index (Phi) is 4.03. The molecule has 20 heavy (non-hydrogen) atoms. The van der Waals surface area contributed by atoms with Gasteiger partial charge in [0, 0.05) is 11.4 Å². The van der Waals surface area contributed by atoms with Crippen LogP contribution in [0.1, 0.15) is 24.6 Å². The lowest BCUT2D eigenvalue weighted by molar-refractivity contribution is 0.337. The molecule has 2 atom stereocenters. The van der Waals surface area contributed by atoms with Gasteiger partial charge in [-0.3, -0.25) is 0 Å². The molecule has 2 heterocycles. The Morgan fingerprint density at radius 1 is 1.35 bits per heavy atom. The SMILES string of the molecule is CC1CNCC1c1nc(CSc2ccc(F)cc2)no1. The normalized spacial score (nSPS) is 22.3. The molecule has 0 aliphatic carbocycles. The Morgan fingerprint density at radius 3 is 2.85 bits per heavy atom. The predicted octanol–water partition coefficient (Wildman–Crippen LogP) is 2.82. The molecule has 1 aliphatic rings. The number of hydrogen-bond donors (Lipinski definition) is 1. The molecule has 0 spiro atoms. The molecular formula is C14H16FN3OS. The van der Waals surface area contributed by atoms with Gasteiger partial charge >= 0.3 is 0 Å². The van der Waals surface area contributed by atoms with E-state index in [1.54, 1.807) is 23.9 Å². The zero-order chi connectivity index (χ0) is 13.9. The molecule has 0 radical (unpaired) electrons. The number of benzene rings is 1. The van der Waals surface area contributed by atoms with Crippen molar-refractivity contribution in [2.75, 3.05) is 13.1 Å². The van der Waals surface area contributed by atoms with Crippen LogP contribution in [0.5, 0.6) is 0 Å². The molecule has 2 unspecified atom stereocenters. The second-order valence-electron chi connectivity index (χ2n) is 5.03. The van der Waals surface area contributed by atoms with Gasteiger partial charge in [-0.1, -0.05) is 12.1 Å². The molecule has 1 N–H and O–H groups in total. The van der Waals surface area contributed by atoms with E-state index in [4.69, 9.17) is 4.52 Å². The third kappa shape index (κ3) is 3.02. The standard InChI is InChI=1S/C14H16FN3OS/c1-9-6-16-7-12(9)14-17-13(18-19-14)8-20-11-4-2-10(15)3-5-11/h2-5,9,12,16H,6-8H2,1H3. The first-order chi connectivity index (χ1) is 9.72. The molecule has 3 rings (SSSR count). The monoisotopic (exact) mass is 293 g/mol. The zero-order valence-electron chi connectivity index (χ0n) is 11.2. The summed E-state index contributed by atoms with van der Waals surface area (Å²) in [5, 5.41) is 7.34. The van der Waals surface area contributed by atoms with E-state index >= 15 is 0 Å². The number of rotatable bonds is 4. The van der Waals surface area contributed by atoms with Crippen LogP contribution in [-0.4, -0.2) is 23.2 Å². The molecule has 2 aromatic rings. The average Bonchev–Trinajstić information content (AvgIpc) is 3.06. The molecule has 1 fully saturated rings. The van der Waals surface area contributed by atoms with E-state index in [1.165, 1.54) is 12.1 Å². The minimum Gasteiger partial charge on any atom is -0.339 e. The molecule has 106 valence electrons. The second kappa shape index (κ2) is 5.93. The molecule has 0 amide bonds. The lowest BCUT2D eigenvalue weighted by Crippen LogP contribution is -2.08. The van der Waals surface area contributed by atoms with Crippen LogP contribution in [0.4, 0.5) is 4.39 Å². The van der Waals surface area contributed by atoms with Crippen molar-refractivity contribution >= 4 is 11.8 Å². The van der Waals surface area contributed by atoms with Crippen LogP contribution in [0.2, 0.25) is 0 Å². The molecule has 0 saturated carbocycles. The highest BCUT2D eigenvalue weighted by molar-refractivity contribution is 7.98. The Bertz CT molecular complexity index is 572. The van der Waals surface area contributed by atoms with Crippen LogP contribution in [0.15, 0.2) is 33.7 Å². The molecule has 6 heteroatoms. The van der Waals surface area contributed by atoms with Gasteiger partial charge in [-0.2, -0.15) is 4.98 Å². The van der Waals surface area contributed by atoms with Crippen molar-refractivity contribution in [1.29, 1.82) is 0 Å². The first kappa shape index (κ1) is 13.6. The Hall–Kier alpha value is -1.40. The van der Waals surface area contributed by atoms with E-state index in [9.17, 15) is 4.39 Å². The van der Waals surface area contributed by atoms with E-state index in [0.717, 1.165) is 23.9 Å². The molecule has 4 nitrogen and oxygen atoms in total. The maximum absolute atomic E-state index is 12.8. The summed E-state index contributed by atoms with van der Waals surface area (Å²) >= 11 is 1.57. The maximum atomic E-state index is 12.8. The smallest absolute Gasteiger partial charge is 0.231 e. The lowest BCUT2D eigenvalue weighted by Gasteiger charge is -2.07. The summed E-state index contributed by atoms with van der Waals surface area (Å²) in [5.74, 6) is 2.65. The van der Waals surface area contributed by atoms with Gasteiger partial charge in [0.25, 0.3) is 0 Å². The molecular weight excluding hydrogens is 277 g/mol. The first-order valence-corrected chi connectivity index (χ1v) is 7.62. The fourth-order valence-electron chi connectivity index (χ4n) is 2.30. The van der Waals surface area contributed by atoms with Crippen molar-refractivity contribution in [3.8, 4) is 0 Å². The number of thioether (sulfide) groups is 1. The summed E-state index contributed by atoms with van der Waals surface area (Å²) < 4.78 is 18.2. The Morgan fingerprint density at radius 2 is 2.15 bits per heavy atom. The van der Waals surface area contributed by atoms with Crippen LogP contribution >= 0.6 is 11.8 Å². The minimum absolute atomic E-state index is 0.223. The summed E-state index contributed by atoms with van der Waals surface area (Å²) in [6.07, 6.45) is 0. The van der Waals surface area contributed by atoms with E-state index < -0.39 is 0 Å². The molecule has 1 aromatic carbocycles. The number of nitrogens with zero attached hydrogens (tertiary/aromatic N) is 2. The van der Waals surface area contributed by atoms with E-state index in [-0.39, 0.29) is 5.82 Å². The second-order valence-corrected chi connectivity index (χ2v) is 6.08. The van der Waals surface area contributed by atoms with Gasteiger partial charge < -0.3 is 9.84 Å². The number of nitrogens with one attached hydrogen (secondary N) is 1. The fraction of sp³-hybridized carbons (Fsp3) is 0.429. The lowest BCUT2D eigenvalue weighted by atomic mass is 9.98. The highest BCUT2D eigenvalue weighted by atomic mass is 32.2. The van der Waals surface area contributed by atoms with E-state index in [0.29, 0.717) is 23.4 Å². The third-order valence-corrected chi connectivity index (χ3v) is 4.51. The predicted molar refractivity (Wildman–Crippen MR) is 75.0 cm³/mol. The minimum atomic E-state index is -0.223. The van der Waals surface area contributed by atoms with Crippen LogP contribution in [0.3, 0.4) is 0 Å². The van der Waals surface area contributed by atoms with Crippen molar-refractivity contribution in [2.45, 2.75) is 23.5 Å². The van der Waals surface area contributed by atoms with E-state index in [2.05, 4.69) is 22.4 Å². The van der Waals surface area contributed by atoms with Crippen molar-refractivity contribution < 1.29 is 8.91 Å². The molecule has 1 aromatic heterocycles. The topological polar surface area (TPSA) is 51.0 Å². The van der Waals surface area contributed by atoms with Gasteiger partial charge in [0.1, 0.15) is 5.82 Å². The first-order valence-electron chi connectivity index (χ1n) is 6.64. The van der Waals surface area contributed by atoms with Gasteiger partial charge in [-0.25, -0.2) is 4.39 Å². The Labute approximate surface area is 121 Å². The Balaban J connectivity index is 1.61. The van der Waals surface area contributed by atoms with Crippen molar-refractivity contribution in [2.24, 2.45) is 5.92 Å². The average molecular weight is 293 g/mol. The highest BCUT2D eigenvalue weighted by Gasteiger charge is 2.29. The molecule has 0 bridgehead atoms. The van der Waals surface area contributed by atoms with Crippen molar-refractivity contribution in [3.05, 3.63) is 41.8 Å². The van der Waals surface area contributed by atoms with Gasteiger partial charge in [0.15, 0.2) is 5.82 Å². The number of hydrogen-bond acceptors (Lipinski definition) is 5. The highest BCUT2D eigenvalue weighted by Crippen LogP contribution is 2.27. The fourth-order valence-corrected chi connectivity index (χ4v) is 3.04. The number of halogens is 1. The summed E-state index contributed by atoms with van der Waals surface area (Å²) in [6, 6.07) is 6.42. The maximum Gasteiger partial charge on any atom is 0.231 e. The molecule has 1 aliphatic heterocycles. The van der Waals surface area contributed by atoms with Gasteiger partial charge in [-0.05, 0) is 36.7 Å². The van der Waals surface area contributed by atoms with Gasteiger partial charge in [0.05, 0.1) is 11.7 Å². The zero-order valence-corrected chi connectivity index (χ0v) is 12.0. The third-order valence-electron chi connectivity index (χ3n) is 3.50. The summed E-state index contributed by atoms with van der Waals surface area (Å²) in [4.78, 5) is 5.46. The van der Waals surface area contributed by atoms with Crippen LogP contribution in [0.25, 0.3) is 0 Å². The summed E-state index contributed by atoms with van der Waals surface area (Å²) in [6.45, 7) is 4.07. The van der Waals surface area contributed by atoms with E-state index in [1.807, 2.05) is 0 Å². The van der Waals surface area contributed by atoms with Crippen LogP contribution < -0.4 is 5.32 Å². The van der Waals surface area contributed by atoms with Crippen LogP contribution in [0, 0.1) is 11.7 Å². The summed E-state index contributed by atoms with van der Waals surface area (Å²) in [7, 11) is 0. The number of aromatic nitrogens is 2.